The Hall–Kier alpha value is -2.31. The number of sulfone groups is 1. The minimum absolute atomic E-state index is 0.0369. The van der Waals surface area contributed by atoms with E-state index in [0.29, 0.717) is 18.0 Å². The summed E-state index contributed by atoms with van der Waals surface area (Å²) < 4.78 is 27.7. The topological polar surface area (TPSA) is 59.4 Å². The van der Waals surface area contributed by atoms with Gasteiger partial charge in [0.15, 0.2) is 9.84 Å². The van der Waals surface area contributed by atoms with Crippen LogP contribution in [0.3, 0.4) is 0 Å². The molecule has 1 amide bonds. The van der Waals surface area contributed by atoms with Crippen LogP contribution in [-0.2, 0) is 28.1 Å². The van der Waals surface area contributed by atoms with Crippen LogP contribution in [0.15, 0.2) is 59.6 Å². The maximum absolute atomic E-state index is 12.9. The number of aryl methyl sites for hydroxylation is 1. The van der Waals surface area contributed by atoms with Crippen LogP contribution in [0.25, 0.3) is 10.9 Å². The van der Waals surface area contributed by atoms with Crippen molar-refractivity contribution >= 4 is 38.2 Å². The third-order valence-corrected chi connectivity index (χ3v) is 7.84. The number of benzene rings is 2. The highest BCUT2D eigenvalue weighted by atomic mass is 35.5. The summed E-state index contributed by atoms with van der Waals surface area (Å²) in [7, 11) is -1.52. The number of aromatic nitrogens is 1. The number of hydrogen-bond donors (Lipinski definition) is 0. The van der Waals surface area contributed by atoms with Crippen molar-refractivity contribution < 1.29 is 13.2 Å². The van der Waals surface area contributed by atoms with Gasteiger partial charge in [0.1, 0.15) is 0 Å². The second-order valence-electron chi connectivity index (χ2n) is 7.21. The van der Waals surface area contributed by atoms with Crippen molar-refractivity contribution in [3.05, 3.63) is 65.3 Å². The summed E-state index contributed by atoms with van der Waals surface area (Å²) in [4.78, 5) is 14.7. The molecule has 0 aliphatic carbocycles. The second kappa shape index (κ2) is 7.26. The minimum atomic E-state index is -3.48. The zero-order valence-corrected chi connectivity index (χ0v) is 17.1. The summed E-state index contributed by atoms with van der Waals surface area (Å²) >= 11 is 5.86. The molecule has 3 aromatic rings. The summed E-state index contributed by atoms with van der Waals surface area (Å²) in [5.41, 5.74) is 2.04. The van der Waals surface area contributed by atoms with Crippen LogP contribution in [0.5, 0.6) is 0 Å². The van der Waals surface area contributed by atoms with Crippen LogP contribution in [0.2, 0.25) is 5.02 Å². The molecule has 28 heavy (non-hydrogen) atoms. The summed E-state index contributed by atoms with van der Waals surface area (Å²) in [5, 5.41) is 0.977. The smallest absolute Gasteiger partial charge is 0.227 e. The first-order valence-corrected chi connectivity index (χ1v) is 11.1. The molecular formula is C21H21ClN2O3S. The second-order valence-corrected chi connectivity index (χ2v) is 9.87. The standard InChI is InChI=1S/C21H21ClN2O3S/c1-23-13-15(19-4-2-3-5-20(19)23)12-21(25)24-11-10-18(14-24)28(26,27)17-8-6-16(22)7-9-17/h2-9,13,18H,10-12,14H2,1H3. The number of rotatable bonds is 4. The number of amides is 1. The average molecular weight is 417 g/mol. The first-order valence-electron chi connectivity index (χ1n) is 9.16. The molecule has 1 aliphatic rings. The normalized spacial score (nSPS) is 17.4. The fourth-order valence-electron chi connectivity index (χ4n) is 3.87. The van der Waals surface area contributed by atoms with Gasteiger partial charge in [-0.3, -0.25) is 4.79 Å². The zero-order valence-electron chi connectivity index (χ0n) is 15.5. The van der Waals surface area contributed by atoms with Crippen LogP contribution in [0.1, 0.15) is 12.0 Å². The van der Waals surface area contributed by atoms with E-state index in [1.807, 2.05) is 42.1 Å². The molecule has 1 atom stereocenters. The fourth-order valence-corrected chi connectivity index (χ4v) is 5.68. The van der Waals surface area contributed by atoms with Gasteiger partial charge in [0.05, 0.1) is 16.6 Å². The molecule has 0 spiro atoms. The quantitative estimate of drug-likeness (QED) is 0.654. The molecule has 146 valence electrons. The number of para-hydroxylation sites is 1. The number of nitrogens with zero attached hydrogens (tertiary/aromatic N) is 2. The number of halogens is 1. The Morgan fingerprint density at radius 2 is 1.86 bits per heavy atom. The highest BCUT2D eigenvalue weighted by Gasteiger charge is 2.36. The van der Waals surface area contributed by atoms with E-state index >= 15 is 0 Å². The molecule has 0 bridgehead atoms. The van der Waals surface area contributed by atoms with Gasteiger partial charge in [0.25, 0.3) is 0 Å². The lowest BCUT2D eigenvalue weighted by Crippen LogP contribution is -2.32. The zero-order chi connectivity index (χ0) is 19.9. The van der Waals surface area contributed by atoms with Crippen LogP contribution in [0.4, 0.5) is 0 Å². The minimum Gasteiger partial charge on any atom is -0.350 e. The van der Waals surface area contributed by atoms with E-state index in [1.54, 1.807) is 17.0 Å². The Morgan fingerprint density at radius 1 is 1.14 bits per heavy atom. The summed E-state index contributed by atoms with van der Waals surface area (Å²) in [6.45, 7) is 0.690. The number of carbonyl (C=O) groups excluding carboxylic acids is 1. The maximum atomic E-state index is 12.9. The van der Waals surface area contributed by atoms with Crippen LogP contribution >= 0.6 is 11.6 Å². The molecule has 7 heteroatoms. The number of hydrogen-bond acceptors (Lipinski definition) is 3. The van der Waals surface area contributed by atoms with E-state index in [0.717, 1.165) is 16.5 Å². The van der Waals surface area contributed by atoms with Crippen molar-refractivity contribution in [3.8, 4) is 0 Å². The molecule has 0 radical (unpaired) electrons. The molecule has 2 aromatic carbocycles. The summed E-state index contributed by atoms with van der Waals surface area (Å²) in [6.07, 6.45) is 2.70. The van der Waals surface area contributed by atoms with Crippen molar-refractivity contribution in [2.75, 3.05) is 13.1 Å². The Kier molecular flexibility index (Phi) is 4.93. The average Bonchev–Trinajstić information content (AvgIpc) is 3.29. The molecule has 0 N–H and O–H groups in total. The van der Waals surface area contributed by atoms with E-state index in [9.17, 15) is 13.2 Å². The molecule has 1 saturated heterocycles. The van der Waals surface area contributed by atoms with Crippen molar-refractivity contribution in [2.45, 2.75) is 23.0 Å². The van der Waals surface area contributed by atoms with Crippen LogP contribution in [0, 0.1) is 0 Å². The van der Waals surface area contributed by atoms with Gasteiger partial charge < -0.3 is 9.47 Å². The number of carbonyl (C=O) groups is 1. The predicted molar refractivity (Wildman–Crippen MR) is 110 cm³/mol. The van der Waals surface area contributed by atoms with Gasteiger partial charge in [-0.05, 0) is 42.3 Å². The van der Waals surface area contributed by atoms with Gasteiger partial charge >= 0.3 is 0 Å². The SMILES string of the molecule is Cn1cc(CC(=O)N2CCC(S(=O)(=O)c3ccc(Cl)cc3)C2)c2ccccc21. The van der Waals surface area contributed by atoms with Gasteiger partial charge in [0.2, 0.25) is 5.91 Å². The molecule has 2 heterocycles. The van der Waals surface area contributed by atoms with E-state index < -0.39 is 15.1 Å². The Morgan fingerprint density at radius 3 is 2.61 bits per heavy atom. The first-order chi connectivity index (χ1) is 13.4. The molecule has 1 aromatic heterocycles. The Labute approximate surface area is 169 Å². The van der Waals surface area contributed by atoms with Gasteiger partial charge in [-0.25, -0.2) is 8.42 Å². The fraction of sp³-hybridized carbons (Fsp3) is 0.286. The maximum Gasteiger partial charge on any atom is 0.227 e. The Balaban J connectivity index is 1.49. The number of fused-ring (bicyclic) bond motifs is 1. The molecule has 1 aliphatic heterocycles. The van der Waals surface area contributed by atoms with E-state index in [4.69, 9.17) is 11.6 Å². The lowest BCUT2D eigenvalue weighted by atomic mass is 10.1. The van der Waals surface area contributed by atoms with E-state index in [2.05, 4.69) is 0 Å². The lowest BCUT2D eigenvalue weighted by Gasteiger charge is -2.17. The molecular weight excluding hydrogens is 396 g/mol. The predicted octanol–water partition coefficient (Wildman–Crippen LogP) is 3.45. The molecule has 5 nitrogen and oxygen atoms in total. The van der Waals surface area contributed by atoms with Crippen LogP contribution < -0.4 is 0 Å². The Bertz CT molecular complexity index is 1140. The van der Waals surface area contributed by atoms with Gasteiger partial charge in [0, 0.05) is 42.3 Å². The van der Waals surface area contributed by atoms with Gasteiger partial charge in [-0.2, -0.15) is 0 Å². The molecule has 4 rings (SSSR count). The first kappa shape index (κ1) is 19.0. The third-order valence-electron chi connectivity index (χ3n) is 5.40. The van der Waals surface area contributed by atoms with Crippen LogP contribution in [-0.4, -0.2) is 42.1 Å². The van der Waals surface area contributed by atoms with Crippen molar-refractivity contribution in [1.82, 2.24) is 9.47 Å². The molecule has 1 fully saturated rings. The summed E-state index contributed by atoms with van der Waals surface area (Å²) in [6, 6.07) is 14.2. The number of likely N-dealkylation sites (tertiary alicyclic amines) is 1. The van der Waals surface area contributed by atoms with Crippen molar-refractivity contribution in [2.24, 2.45) is 7.05 Å². The van der Waals surface area contributed by atoms with Gasteiger partial charge in [-0.15, -0.1) is 0 Å². The largest absolute Gasteiger partial charge is 0.350 e. The molecule has 1 unspecified atom stereocenters. The lowest BCUT2D eigenvalue weighted by molar-refractivity contribution is -0.129. The third kappa shape index (κ3) is 3.42. The summed E-state index contributed by atoms with van der Waals surface area (Å²) in [5.74, 6) is -0.0369. The molecule has 0 saturated carbocycles. The highest BCUT2D eigenvalue weighted by molar-refractivity contribution is 7.92. The van der Waals surface area contributed by atoms with Crippen molar-refractivity contribution in [1.29, 1.82) is 0 Å². The van der Waals surface area contributed by atoms with Gasteiger partial charge in [-0.1, -0.05) is 29.8 Å². The van der Waals surface area contributed by atoms with E-state index in [1.165, 1.54) is 12.1 Å². The van der Waals surface area contributed by atoms with Crippen molar-refractivity contribution in [3.63, 3.8) is 0 Å². The van der Waals surface area contributed by atoms with E-state index in [-0.39, 0.29) is 23.8 Å². The highest BCUT2D eigenvalue weighted by Crippen LogP contribution is 2.26. The monoisotopic (exact) mass is 416 g/mol.